The third-order valence-electron chi connectivity index (χ3n) is 4.03. The van der Waals surface area contributed by atoms with Crippen LogP contribution < -0.4 is 5.73 Å². The van der Waals surface area contributed by atoms with Gasteiger partial charge in [0.15, 0.2) is 23.6 Å². The third kappa shape index (κ3) is 5.92. The highest BCUT2D eigenvalue weighted by Crippen LogP contribution is 2.64. The summed E-state index contributed by atoms with van der Waals surface area (Å²) in [5, 5.41) is 20.5. The van der Waals surface area contributed by atoms with Gasteiger partial charge in [0, 0.05) is 0 Å². The number of aliphatic hydroxyl groups excluding tert-OH is 2. The molecule has 0 spiro atoms. The fourth-order valence-electron chi connectivity index (χ4n) is 2.80. The molecule has 16 nitrogen and oxygen atoms in total. The van der Waals surface area contributed by atoms with Crippen LogP contribution in [0.3, 0.4) is 0 Å². The van der Waals surface area contributed by atoms with Gasteiger partial charge in [0.25, 0.3) is 0 Å². The summed E-state index contributed by atoms with van der Waals surface area (Å²) in [6.45, 7) is -5.36. The standard InChI is InChI=1S/C11H18N5O11P3S/c12-9-6-10(14-2-13-9)16(3-15-6)11-8(18)7(17)5(26-11)1-25-28(19,20)4-29(21,22)27-30(23,24)31/h2-3,5,7-8,11,17-18H,1,4H2,(H,19,20)(H,21,22)(H2,12,13,14)(H2,23,24,31)/t5-,7-,8-,11-/m1/s1. The van der Waals surface area contributed by atoms with E-state index in [0.717, 1.165) is 6.33 Å². The second-order valence-electron chi connectivity index (χ2n) is 6.41. The summed E-state index contributed by atoms with van der Waals surface area (Å²) in [4.78, 5) is 48.9. The first kappa shape index (κ1) is 24.7. The van der Waals surface area contributed by atoms with Crippen molar-refractivity contribution in [1.82, 2.24) is 19.5 Å². The monoisotopic (exact) mass is 521 g/mol. The molecule has 1 aliphatic heterocycles. The van der Waals surface area contributed by atoms with Crippen molar-refractivity contribution in [2.24, 2.45) is 0 Å². The zero-order valence-electron chi connectivity index (χ0n) is 15.2. The van der Waals surface area contributed by atoms with E-state index in [-0.39, 0.29) is 17.0 Å². The Morgan fingerprint density at radius 2 is 1.81 bits per heavy atom. The molecule has 2 unspecified atom stereocenters. The molecule has 1 saturated heterocycles. The Kier molecular flexibility index (Phi) is 7.02. The van der Waals surface area contributed by atoms with Crippen molar-refractivity contribution >= 4 is 50.7 Å². The summed E-state index contributed by atoms with van der Waals surface area (Å²) in [5.41, 5.74) is 6.11. The number of aliphatic hydroxyl groups is 2. The van der Waals surface area contributed by atoms with Gasteiger partial charge in [-0.2, -0.15) is 0 Å². The van der Waals surface area contributed by atoms with E-state index in [9.17, 15) is 29.1 Å². The van der Waals surface area contributed by atoms with E-state index >= 15 is 0 Å². The van der Waals surface area contributed by atoms with Gasteiger partial charge in [0.05, 0.1) is 12.9 Å². The SMILES string of the molecule is Nc1ncnc2c1ncn2[C@@H]1O[C@H](COP(=O)(O)CP(=O)(O)OP(O)(O)=S)[C@@H](O)[C@H]1O. The minimum atomic E-state index is -4.99. The number of anilines is 1. The predicted octanol–water partition coefficient (Wildman–Crippen LogP) is -1.40. The van der Waals surface area contributed by atoms with E-state index in [4.69, 9.17) is 24.8 Å². The van der Waals surface area contributed by atoms with E-state index in [1.807, 2.05) is 0 Å². The molecular weight excluding hydrogens is 503 g/mol. The number of nitrogens with two attached hydrogens (primary N) is 1. The number of nitrogens with zero attached hydrogens (tertiary/aromatic N) is 4. The molecule has 20 heteroatoms. The molecule has 1 aliphatic rings. The molecule has 8 N–H and O–H groups in total. The molecule has 2 aromatic rings. The van der Waals surface area contributed by atoms with Crippen molar-refractivity contribution in [3.63, 3.8) is 0 Å². The molecule has 0 radical (unpaired) electrons. The number of hydrogen-bond acceptors (Lipinski definition) is 12. The van der Waals surface area contributed by atoms with Crippen molar-refractivity contribution in [2.45, 2.75) is 24.5 Å². The summed E-state index contributed by atoms with van der Waals surface area (Å²) >= 11 is 4.05. The maximum absolute atomic E-state index is 12.1. The largest absolute Gasteiger partial charge is 0.387 e. The number of fused-ring (bicyclic) bond motifs is 1. The molecule has 0 saturated carbocycles. The van der Waals surface area contributed by atoms with Gasteiger partial charge in [-0.05, 0) is 11.8 Å². The Labute approximate surface area is 178 Å². The molecule has 1 fully saturated rings. The first-order valence-corrected chi connectivity index (χ1v) is 14.3. The highest BCUT2D eigenvalue weighted by Gasteiger charge is 2.46. The Hall–Kier alpha value is -0.900. The molecule has 31 heavy (non-hydrogen) atoms. The van der Waals surface area contributed by atoms with E-state index in [1.165, 1.54) is 10.9 Å². The van der Waals surface area contributed by atoms with Crippen molar-refractivity contribution < 1.29 is 52.5 Å². The summed E-state index contributed by atoms with van der Waals surface area (Å²) in [6, 6.07) is 0. The van der Waals surface area contributed by atoms with E-state index in [2.05, 4.69) is 31.1 Å². The van der Waals surface area contributed by atoms with Crippen LogP contribution in [0.2, 0.25) is 0 Å². The average molecular weight is 521 g/mol. The first-order valence-electron chi connectivity index (χ1n) is 8.19. The fourth-order valence-corrected chi connectivity index (χ4v) is 8.25. The number of rotatable bonds is 8. The van der Waals surface area contributed by atoms with Crippen LogP contribution >= 0.6 is 21.9 Å². The molecule has 0 amide bonds. The van der Waals surface area contributed by atoms with Crippen LogP contribution in [0.4, 0.5) is 5.82 Å². The predicted molar refractivity (Wildman–Crippen MR) is 106 cm³/mol. The van der Waals surface area contributed by atoms with Crippen LogP contribution in [0.15, 0.2) is 12.7 Å². The van der Waals surface area contributed by atoms with Gasteiger partial charge in [0.1, 0.15) is 30.2 Å². The lowest BCUT2D eigenvalue weighted by Crippen LogP contribution is -2.33. The lowest BCUT2D eigenvalue weighted by Gasteiger charge is -2.20. The molecule has 0 aliphatic carbocycles. The van der Waals surface area contributed by atoms with Crippen molar-refractivity contribution in [3.05, 3.63) is 12.7 Å². The molecule has 6 atom stereocenters. The lowest BCUT2D eigenvalue weighted by atomic mass is 10.1. The Bertz CT molecular complexity index is 1110. The van der Waals surface area contributed by atoms with Gasteiger partial charge in [-0.1, -0.05) is 0 Å². The smallest absolute Gasteiger partial charge is 0.347 e. The van der Waals surface area contributed by atoms with Gasteiger partial charge in [-0.3, -0.25) is 13.7 Å². The number of imidazole rings is 1. The van der Waals surface area contributed by atoms with Crippen molar-refractivity contribution in [1.29, 1.82) is 0 Å². The molecular formula is C11H18N5O11P3S. The molecule has 0 aromatic carbocycles. The van der Waals surface area contributed by atoms with Gasteiger partial charge >= 0.3 is 21.9 Å². The van der Waals surface area contributed by atoms with Crippen LogP contribution in [-0.2, 0) is 34.5 Å². The maximum Gasteiger partial charge on any atom is 0.347 e. The first-order chi connectivity index (χ1) is 14.2. The molecule has 3 heterocycles. The fraction of sp³-hybridized carbons (Fsp3) is 0.545. The zero-order chi connectivity index (χ0) is 23.2. The van der Waals surface area contributed by atoms with Crippen LogP contribution in [0.5, 0.6) is 0 Å². The third-order valence-corrected chi connectivity index (χ3v) is 9.91. The van der Waals surface area contributed by atoms with Gasteiger partial charge in [-0.25, -0.2) is 19.3 Å². The van der Waals surface area contributed by atoms with Gasteiger partial charge in [0.2, 0.25) is 0 Å². The quantitative estimate of drug-likeness (QED) is 0.197. The van der Waals surface area contributed by atoms with E-state index in [1.54, 1.807) is 0 Å². The molecule has 3 rings (SSSR count). The summed E-state index contributed by atoms with van der Waals surface area (Å²) in [6.07, 6.45) is -3.27. The topological polar surface area (TPSA) is 253 Å². The highest BCUT2D eigenvalue weighted by molar-refractivity contribution is 8.08. The summed E-state index contributed by atoms with van der Waals surface area (Å²) < 4.78 is 39.2. The van der Waals surface area contributed by atoms with Gasteiger partial charge in [-0.15, -0.1) is 0 Å². The van der Waals surface area contributed by atoms with Crippen LogP contribution in [-0.4, -0.2) is 80.1 Å². The Morgan fingerprint density at radius 3 is 2.45 bits per heavy atom. The molecule has 2 aromatic heterocycles. The molecule has 0 bridgehead atoms. The molecule has 174 valence electrons. The minimum absolute atomic E-state index is 0.0739. The zero-order valence-corrected chi connectivity index (χ0v) is 18.7. The van der Waals surface area contributed by atoms with Crippen LogP contribution in [0.1, 0.15) is 6.23 Å². The second-order valence-corrected chi connectivity index (χ2v) is 13.4. The van der Waals surface area contributed by atoms with E-state index < -0.39 is 59.0 Å². The number of ether oxygens (including phenoxy) is 1. The van der Waals surface area contributed by atoms with Crippen LogP contribution in [0.25, 0.3) is 11.2 Å². The Morgan fingerprint density at radius 1 is 1.13 bits per heavy atom. The Balaban J connectivity index is 1.69. The van der Waals surface area contributed by atoms with Gasteiger partial charge < -0.3 is 44.8 Å². The average Bonchev–Trinajstić information content (AvgIpc) is 3.13. The number of nitrogen functional groups attached to an aromatic ring is 1. The normalized spacial score (nSPS) is 28.5. The van der Waals surface area contributed by atoms with E-state index in [0.29, 0.717) is 0 Å². The van der Waals surface area contributed by atoms with Crippen LogP contribution in [0, 0.1) is 0 Å². The van der Waals surface area contributed by atoms with Crippen molar-refractivity contribution in [3.8, 4) is 0 Å². The summed E-state index contributed by atoms with van der Waals surface area (Å²) in [7, 11) is -9.83. The number of aromatic nitrogens is 4. The lowest BCUT2D eigenvalue weighted by molar-refractivity contribution is -0.0483. The number of hydrogen-bond donors (Lipinski definition) is 7. The summed E-state index contributed by atoms with van der Waals surface area (Å²) in [5.74, 6) is -1.43. The minimum Gasteiger partial charge on any atom is -0.387 e. The highest BCUT2D eigenvalue weighted by atomic mass is 32.5. The maximum atomic E-state index is 12.1. The van der Waals surface area contributed by atoms with Crippen molar-refractivity contribution in [2.75, 3.05) is 18.2 Å². The second kappa shape index (κ2) is 8.80.